The van der Waals surface area contributed by atoms with Crippen LogP contribution in [0.1, 0.15) is 162 Å². The van der Waals surface area contributed by atoms with Crippen LogP contribution in [0.25, 0.3) is 0 Å². The van der Waals surface area contributed by atoms with Crippen molar-refractivity contribution in [3.63, 3.8) is 0 Å². The molecule has 0 aromatic carbocycles. The van der Waals surface area contributed by atoms with Gasteiger partial charge in [-0.2, -0.15) is 0 Å². The van der Waals surface area contributed by atoms with Gasteiger partial charge in [-0.3, -0.25) is 0 Å². The van der Waals surface area contributed by atoms with Crippen molar-refractivity contribution in [1.82, 2.24) is 0 Å². The lowest BCUT2D eigenvalue weighted by molar-refractivity contribution is 0.312. The minimum absolute atomic E-state index is 0.892. The van der Waals surface area contributed by atoms with E-state index < -0.39 is 0 Å². The molecule has 37 heavy (non-hydrogen) atoms. The van der Waals surface area contributed by atoms with Gasteiger partial charge in [0, 0.05) is 0 Å². The van der Waals surface area contributed by atoms with Crippen LogP contribution in [-0.4, -0.2) is 6.54 Å². The molecule has 214 valence electrons. The quantitative estimate of drug-likeness (QED) is 0.274. The Balaban J connectivity index is 0.961. The monoisotopic (exact) mass is 512 g/mol. The molecular formula is C36H65N. The van der Waals surface area contributed by atoms with Crippen molar-refractivity contribution >= 4 is 0 Å². The second-order valence-electron chi connectivity index (χ2n) is 15.6. The minimum Gasteiger partial charge on any atom is -0.330 e. The second kappa shape index (κ2) is 13.5. The normalized spacial score (nSPS) is 43.2. The number of nitrogens with two attached hydrogens (primary N) is 1. The molecule has 0 aliphatic heterocycles. The molecule has 5 rings (SSSR count). The Labute approximate surface area is 232 Å². The Hall–Kier alpha value is -0.0400. The molecule has 0 amide bonds. The molecule has 0 aromatic rings. The lowest BCUT2D eigenvalue weighted by atomic mass is 9.85. The first-order valence-corrected chi connectivity index (χ1v) is 17.8. The highest BCUT2D eigenvalue weighted by molar-refractivity contribution is 5.23. The van der Waals surface area contributed by atoms with Crippen molar-refractivity contribution in [3.05, 3.63) is 0 Å². The zero-order valence-corrected chi connectivity index (χ0v) is 25.2. The van der Waals surface area contributed by atoms with Crippen molar-refractivity contribution in [3.8, 4) is 0 Å². The van der Waals surface area contributed by atoms with E-state index in [1.165, 1.54) is 103 Å². The number of hydrogen-bond acceptors (Lipinski definition) is 1. The fourth-order valence-electron chi connectivity index (χ4n) is 9.79. The summed E-state index contributed by atoms with van der Waals surface area (Å²) in [6.07, 6.45) is 34.7. The summed E-state index contributed by atoms with van der Waals surface area (Å²) in [6.45, 7) is 6.08. The van der Waals surface area contributed by atoms with E-state index in [9.17, 15) is 0 Å². The summed E-state index contributed by atoms with van der Waals surface area (Å²) in [5.74, 6) is 9.69. The molecule has 5 aliphatic rings. The van der Waals surface area contributed by atoms with Gasteiger partial charge >= 0.3 is 0 Å². The smallest absolute Gasteiger partial charge is 0.00746 e. The van der Waals surface area contributed by atoms with Crippen molar-refractivity contribution in [2.75, 3.05) is 6.54 Å². The first-order chi connectivity index (χ1) is 18.1. The van der Waals surface area contributed by atoms with Gasteiger partial charge in [0.25, 0.3) is 0 Å². The Bertz CT molecular complexity index is 668. The first-order valence-electron chi connectivity index (χ1n) is 17.8. The maximum atomic E-state index is 5.93. The highest BCUT2D eigenvalue weighted by Crippen LogP contribution is 2.82. The van der Waals surface area contributed by atoms with Gasteiger partial charge in [-0.25, -0.2) is 0 Å². The van der Waals surface area contributed by atoms with E-state index >= 15 is 0 Å². The molecule has 5 saturated carbocycles. The van der Waals surface area contributed by atoms with Gasteiger partial charge in [-0.1, -0.05) is 123 Å². The Kier molecular flexibility index (Phi) is 10.4. The summed E-state index contributed by atoms with van der Waals surface area (Å²) >= 11 is 0. The molecule has 0 saturated heterocycles. The summed E-state index contributed by atoms with van der Waals surface area (Å²) in [5.41, 5.74) is 6.82. The molecule has 0 aromatic heterocycles. The van der Waals surface area contributed by atoms with Crippen LogP contribution in [0.4, 0.5) is 0 Å². The SMILES string of the molecule is CC1CCCCCCC(CCN)CCCCCC(CCCCC2CC2CC2C(C)C23CC3CC2CC2)C1. The van der Waals surface area contributed by atoms with Crippen molar-refractivity contribution in [1.29, 1.82) is 0 Å². The lowest BCUT2D eigenvalue weighted by Crippen LogP contribution is -2.09. The third-order valence-electron chi connectivity index (χ3n) is 12.7. The third kappa shape index (κ3) is 8.24. The van der Waals surface area contributed by atoms with Crippen LogP contribution in [0.15, 0.2) is 0 Å². The van der Waals surface area contributed by atoms with E-state index in [1.54, 1.807) is 44.9 Å². The standard InChI is InChI=1S/C36H65N/c1-27-12-6-3-4-7-13-29(20-21-37)14-8-5-9-15-30(22-27)16-10-11-17-32-24-33(32)25-35-28(2)36(35)26-34(36)23-31-18-19-31/h27-35H,3-26,37H2,1-2H3. The number of hydrogen-bond donors (Lipinski definition) is 1. The summed E-state index contributed by atoms with van der Waals surface area (Å²) in [7, 11) is 0. The maximum Gasteiger partial charge on any atom is -0.00746 e. The van der Waals surface area contributed by atoms with Crippen LogP contribution in [0.3, 0.4) is 0 Å². The lowest BCUT2D eigenvalue weighted by Gasteiger charge is -2.21. The van der Waals surface area contributed by atoms with Gasteiger partial charge < -0.3 is 5.73 Å². The second-order valence-corrected chi connectivity index (χ2v) is 15.6. The Morgan fingerprint density at radius 1 is 0.622 bits per heavy atom. The molecule has 9 unspecified atom stereocenters. The molecule has 9 atom stereocenters. The van der Waals surface area contributed by atoms with Gasteiger partial charge in [0.1, 0.15) is 0 Å². The van der Waals surface area contributed by atoms with Gasteiger partial charge in [-0.15, -0.1) is 0 Å². The average Bonchev–Trinajstić information content (AvgIpc) is 3.73. The van der Waals surface area contributed by atoms with Crippen molar-refractivity contribution in [2.24, 2.45) is 64.4 Å². The van der Waals surface area contributed by atoms with Crippen molar-refractivity contribution < 1.29 is 0 Å². The van der Waals surface area contributed by atoms with E-state index in [2.05, 4.69) is 13.8 Å². The first kappa shape index (κ1) is 28.5. The van der Waals surface area contributed by atoms with Crippen LogP contribution in [-0.2, 0) is 0 Å². The summed E-state index contributed by atoms with van der Waals surface area (Å²) in [4.78, 5) is 0. The third-order valence-corrected chi connectivity index (χ3v) is 12.7. The highest BCUT2D eigenvalue weighted by Gasteiger charge is 2.75. The van der Waals surface area contributed by atoms with E-state index in [4.69, 9.17) is 5.73 Å². The number of rotatable bonds is 11. The molecule has 5 aliphatic carbocycles. The number of unbranched alkanes of at least 4 members (excludes halogenated alkanes) is 1. The van der Waals surface area contributed by atoms with Crippen LogP contribution in [0.5, 0.6) is 0 Å². The van der Waals surface area contributed by atoms with Gasteiger partial charge in [0.05, 0.1) is 0 Å². The van der Waals surface area contributed by atoms with Crippen LogP contribution in [0.2, 0.25) is 0 Å². The van der Waals surface area contributed by atoms with Gasteiger partial charge in [-0.05, 0) is 104 Å². The predicted molar refractivity (Wildman–Crippen MR) is 160 cm³/mol. The largest absolute Gasteiger partial charge is 0.330 e. The molecular weight excluding hydrogens is 446 g/mol. The summed E-state index contributed by atoms with van der Waals surface area (Å²) in [6, 6.07) is 0. The molecule has 1 heteroatoms. The van der Waals surface area contributed by atoms with Gasteiger partial charge in [0.2, 0.25) is 0 Å². The predicted octanol–water partition coefficient (Wildman–Crippen LogP) is 10.6. The molecule has 0 radical (unpaired) electrons. The minimum atomic E-state index is 0.892. The molecule has 0 heterocycles. The Morgan fingerprint density at radius 3 is 2.03 bits per heavy atom. The zero-order chi connectivity index (χ0) is 25.7. The Morgan fingerprint density at radius 2 is 1.30 bits per heavy atom. The summed E-state index contributed by atoms with van der Waals surface area (Å²) in [5, 5.41) is 0. The molecule has 5 fully saturated rings. The van der Waals surface area contributed by atoms with E-state index in [-0.39, 0.29) is 0 Å². The van der Waals surface area contributed by atoms with Gasteiger partial charge in [0.15, 0.2) is 0 Å². The highest BCUT2D eigenvalue weighted by atomic mass is 14.8. The summed E-state index contributed by atoms with van der Waals surface area (Å²) < 4.78 is 0. The van der Waals surface area contributed by atoms with E-state index in [1.807, 2.05) is 0 Å². The van der Waals surface area contributed by atoms with E-state index in [0.29, 0.717) is 0 Å². The van der Waals surface area contributed by atoms with Crippen molar-refractivity contribution in [2.45, 2.75) is 162 Å². The van der Waals surface area contributed by atoms with Crippen LogP contribution in [0, 0.1) is 58.7 Å². The molecule has 0 bridgehead atoms. The average molecular weight is 512 g/mol. The topological polar surface area (TPSA) is 26.0 Å². The van der Waals surface area contributed by atoms with Crippen LogP contribution < -0.4 is 5.73 Å². The fourth-order valence-corrected chi connectivity index (χ4v) is 9.79. The molecule has 1 nitrogen and oxygen atoms in total. The maximum absolute atomic E-state index is 5.93. The zero-order valence-electron chi connectivity index (χ0n) is 25.2. The molecule has 1 spiro atoms. The van der Waals surface area contributed by atoms with E-state index in [0.717, 1.165) is 65.2 Å². The van der Waals surface area contributed by atoms with Crippen LogP contribution >= 0.6 is 0 Å². The fraction of sp³-hybridized carbons (Fsp3) is 1.00. The molecule has 2 N–H and O–H groups in total.